The third kappa shape index (κ3) is 4.78. The fourth-order valence-corrected chi connectivity index (χ4v) is 4.11. The average Bonchev–Trinajstić information content (AvgIpc) is 2.43. The topological polar surface area (TPSA) is 15.3 Å². The summed E-state index contributed by atoms with van der Waals surface area (Å²) in [5, 5.41) is 3.32. The van der Waals surface area contributed by atoms with Gasteiger partial charge in [-0.1, -0.05) is 24.6 Å². The zero-order valence-electron chi connectivity index (χ0n) is 12.8. The van der Waals surface area contributed by atoms with Crippen molar-refractivity contribution in [3.63, 3.8) is 0 Å². The Morgan fingerprint density at radius 3 is 2.35 bits per heavy atom. The molecule has 2 fully saturated rings. The van der Waals surface area contributed by atoms with E-state index in [0.717, 1.165) is 44.6 Å². The van der Waals surface area contributed by atoms with Gasteiger partial charge in [0.2, 0.25) is 0 Å². The van der Waals surface area contributed by atoms with Gasteiger partial charge in [-0.25, -0.2) is 0 Å². The minimum atomic E-state index is -4.23. The molecule has 2 aliphatic rings. The van der Waals surface area contributed by atoms with Gasteiger partial charge >= 0.3 is 5.51 Å². The van der Waals surface area contributed by atoms with Gasteiger partial charge in [-0.2, -0.15) is 13.2 Å². The predicted molar refractivity (Wildman–Crippen MR) is 90.1 cm³/mol. The van der Waals surface area contributed by atoms with E-state index >= 15 is 0 Å². The Bertz CT molecular complexity index is 502. The van der Waals surface area contributed by atoms with Gasteiger partial charge < -0.3 is 5.32 Å². The van der Waals surface area contributed by atoms with E-state index in [-0.39, 0.29) is 30.2 Å². The van der Waals surface area contributed by atoms with Crippen LogP contribution in [0.3, 0.4) is 0 Å². The Morgan fingerprint density at radius 2 is 1.78 bits per heavy atom. The lowest BCUT2D eigenvalue weighted by Crippen LogP contribution is -2.48. The first-order valence-electron chi connectivity index (χ1n) is 7.84. The summed E-state index contributed by atoms with van der Waals surface area (Å²) in [6, 6.07) is 7.19. The highest BCUT2D eigenvalue weighted by Crippen LogP contribution is 2.47. The number of nitrogens with zero attached hydrogens (tertiary/aromatic N) is 1. The van der Waals surface area contributed by atoms with Gasteiger partial charge in [0.1, 0.15) is 0 Å². The number of thioether (sulfide) groups is 1. The Hall–Kier alpha value is -0.430. The standard InChI is InChI=1S/C16H21F3N2S.ClH/c17-16(18,19)22-14-7-2-1-6-13(14)15(12-4-3-5-12)21-10-8-20-9-11-21;/h1-2,6-7,12,15,20H,3-5,8-11H2;1H/t15-;/m0./s1. The van der Waals surface area contributed by atoms with Gasteiger partial charge in [0.05, 0.1) is 0 Å². The van der Waals surface area contributed by atoms with Crippen LogP contribution in [-0.2, 0) is 0 Å². The molecule has 1 saturated heterocycles. The second-order valence-electron chi connectivity index (χ2n) is 6.01. The van der Waals surface area contributed by atoms with Gasteiger partial charge in [0.25, 0.3) is 0 Å². The first-order valence-corrected chi connectivity index (χ1v) is 8.66. The molecule has 1 aromatic rings. The second kappa shape index (κ2) is 8.10. The van der Waals surface area contributed by atoms with Crippen LogP contribution < -0.4 is 5.32 Å². The highest BCUT2D eigenvalue weighted by atomic mass is 35.5. The number of piperazine rings is 1. The lowest BCUT2D eigenvalue weighted by atomic mass is 9.76. The van der Waals surface area contributed by atoms with Crippen LogP contribution in [0.25, 0.3) is 0 Å². The van der Waals surface area contributed by atoms with Crippen LogP contribution in [0.5, 0.6) is 0 Å². The number of hydrogen-bond donors (Lipinski definition) is 1. The van der Waals surface area contributed by atoms with E-state index in [4.69, 9.17) is 0 Å². The van der Waals surface area contributed by atoms with Gasteiger partial charge in [0, 0.05) is 37.1 Å². The molecule has 0 aromatic heterocycles. The van der Waals surface area contributed by atoms with Crippen LogP contribution in [0.1, 0.15) is 30.9 Å². The Labute approximate surface area is 145 Å². The SMILES string of the molecule is Cl.FC(F)(F)Sc1ccccc1[C@H](C1CCC1)N1CCNCC1. The van der Waals surface area contributed by atoms with Gasteiger partial charge in [-0.15, -0.1) is 12.4 Å². The fraction of sp³-hybridized carbons (Fsp3) is 0.625. The van der Waals surface area contributed by atoms with Crippen molar-refractivity contribution >= 4 is 24.2 Å². The Morgan fingerprint density at radius 1 is 1.13 bits per heavy atom. The van der Waals surface area contributed by atoms with E-state index in [1.165, 1.54) is 6.42 Å². The molecule has 1 atom stereocenters. The molecule has 1 aromatic carbocycles. The van der Waals surface area contributed by atoms with Crippen molar-refractivity contribution < 1.29 is 13.2 Å². The van der Waals surface area contributed by atoms with E-state index in [1.54, 1.807) is 12.1 Å². The van der Waals surface area contributed by atoms with E-state index in [2.05, 4.69) is 10.2 Å². The quantitative estimate of drug-likeness (QED) is 0.792. The maximum Gasteiger partial charge on any atom is 0.446 e. The molecule has 3 rings (SSSR count). The molecule has 1 saturated carbocycles. The molecule has 1 aliphatic carbocycles. The van der Waals surface area contributed by atoms with Crippen LogP contribution in [0.2, 0.25) is 0 Å². The number of alkyl halides is 3. The van der Waals surface area contributed by atoms with Gasteiger partial charge in [-0.05, 0) is 42.2 Å². The number of halogens is 4. The van der Waals surface area contributed by atoms with Crippen LogP contribution >= 0.6 is 24.2 Å². The van der Waals surface area contributed by atoms with Crippen molar-refractivity contribution in [3.05, 3.63) is 29.8 Å². The number of benzene rings is 1. The average molecular weight is 367 g/mol. The minimum absolute atomic E-state index is 0. The van der Waals surface area contributed by atoms with E-state index in [9.17, 15) is 13.2 Å². The maximum atomic E-state index is 12.9. The molecule has 0 bridgehead atoms. The lowest BCUT2D eigenvalue weighted by molar-refractivity contribution is -0.0329. The minimum Gasteiger partial charge on any atom is -0.314 e. The predicted octanol–water partition coefficient (Wildman–Crippen LogP) is 4.47. The maximum absolute atomic E-state index is 12.9. The Balaban J connectivity index is 0.00000192. The van der Waals surface area contributed by atoms with Gasteiger partial charge in [-0.3, -0.25) is 4.90 Å². The first-order chi connectivity index (χ1) is 10.5. The van der Waals surface area contributed by atoms with Crippen LogP contribution in [-0.4, -0.2) is 36.6 Å². The van der Waals surface area contributed by atoms with Crippen molar-refractivity contribution in [2.24, 2.45) is 5.92 Å². The molecule has 0 radical (unpaired) electrons. The summed E-state index contributed by atoms with van der Waals surface area (Å²) in [6.07, 6.45) is 3.45. The van der Waals surface area contributed by atoms with E-state index < -0.39 is 5.51 Å². The van der Waals surface area contributed by atoms with Crippen molar-refractivity contribution in [2.75, 3.05) is 26.2 Å². The normalized spacial score (nSPS) is 21.3. The number of nitrogens with one attached hydrogen (secondary N) is 1. The van der Waals surface area contributed by atoms with Crippen molar-refractivity contribution in [1.82, 2.24) is 10.2 Å². The fourth-order valence-electron chi connectivity index (χ4n) is 3.41. The van der Waals surface area contributed by atoms with Crippen molar-refractivity contribution in [2.45, 2.75) is 35.7 Å². The summed E-state index contributed by atoms with van der Waals surface area (Å²) >= 11 is 0.0294. The zero-order chi connectivity index (χ0) is 15.6. The summed E-state index contributed by atoms with van der Waals surface area (Å²) in [6.45, 7) is 3.65. The zero-order valence-corrected chi connectivity index (χ0v) is 14.4. The van der Waals surface area contributed by atoms with E-state index in [0.29, 0.717) is 10.8 Å². The second-order valence-corrected chi connectivity index (χ2v) is 7.11. The molecule has 130 valence electrons. The summed E-state index contributed by atoms with van der Waals surface area (Å²) in [7, 11) is 0. The molecule has 1 N–H and O–H groups in total. The summed E-state index contributed by atoms with van der Waals surface area (Å²) in [5.74, 6) is 0.494. The summed E-state index contributed by atoms with van der Waals surface area (Å²) in [4.78, 5) is 2.74. The first kappa shape index (κ1) is 18.9. The molecule has 23 heavy (non-hydrogen) atoms. The van der Waals surface area contributed by atoms with Crippen molar-refractivity contribution in [3.8, 4) is 0 Å². The highest BCUT2D eigenvalue weighted by molar-refractivity contribution is 8.00. The van der Waals surface area contributed by atoms with Gasteiger partial charge in [0.15, 0.2) is 0 Å². The number of hydrogen-bond acceptors (Lipinski definition) is 3. The smallest absolute Gasteiger partial charge is 0.314 e. The van der Waals surface area contributed by atoms with Crippen LogP contribution in [0, 0.1) is 5.92 Å². The summed E-state index contributed by atoms with van der Waals surface area (Å²) < 4.78 is 38.6. The molecular weight excluding hydrogens is 345 g/mol. The van der Waals surface area contributed by atoms with E-state index in [1.807, 2.05) is 12.1 Å². The molecule has 0 spiro atoms. The highest BCUT2D eigenvalue weighted by Gasteiger charge is 2.37. The molecular formula is C16H22ClF3N2S. The van der Waals surface area contributed by atoms with Crippen molar-refractivity contribution in [1.29, 1.82) is 0 Å². The third-order valence-corrected chi connectivity index (χ3v) is 5.43. The lowest BCUT2D eigenvalue weighted by Gasteiger charge is -2.43. The molecule has 0 unspecified atom stereocenters. The molecule has 2 nitrogen and oxygen atoms in total. The molecule has 0 amide bonds. The number of rotatable bonds is 4. The largest absolute Gasteiger partial charge is 0.446 e. The van der Waals surface area contributed by atoms with Crippen LogP contribution in [0.4, 0.5) is 13.2 Å². The van der Waals surface area contributed by atoms with Crippen LogP contribution in [0.15, 0.2) is 29.2 Å². The monoisotopic (exact) mass is 366 g/mol. The molecule has 1 heterocycles. The third-order valence-electron chi connectivity index (χ3n) is 4.60. The summed E-state index contributed by atoms with van der Waals surface area (Å²) in [5.41, 5.74) is -3.37. The Kier molecular flexibility index (Phi) is 6.66. The molecule has 7 heteroatoms. The molecule has 1 aliphatic heterocycles.